The number of aliphatic imine (C=N–C) groups is 1. The topological polar surface area (TPSA) is 92.6 Å². The van der Waals surface area contributed by atoms with Crippen molar-refractivity contribution in [1.82, 2.24) is 25.7 Å². The summed E-state index contributed by atoms with van der Waals surface area (Å²) in [4.78, 5) is 16.3. The maximum Gasteiger partial charge on any atom is 0.407 e. The molecule has 1 saturated carbocycles. The molecule has 1 amide bonds. The van der Waals surface area contributed by atoms with Crippen molar-refractivity contribution in [2.24, 2.45) is 4.99 Å². The lowest BCUT2D eigenvalue weighted by atomic mass is 10.1. The number of nitrogens with one attached hydrogen (secondary N) is 3. The number of unbranched alkanes of at least 4 members (excludes halogenated alkanes) is 1. The number of amides is 1. The van der Waals surface area contributed by atoms with E-state index in [2.05, 4.69) is 44.8 Å². The van der Waals surface area contributed by atoms with Crippen molar-refractivity contribution in [1.29, 1.82) is 0 Å². The Kier molecular flexibility index (Phi) is 12.2. The Morgan fingerprint density at radius 1 is 1.32 bits per heavy atom. The Bertz CT molecular complexity index is 680. The van der Waals surface area contributed by atoms with Crippen LogP contribution in [0.3, 0.4) is 0 Å². The van der Waals surface area contributed by atoms with Crippen LogP contribution in [0.25, 0.3) is 0 Å². The Morgan fingerprint density at radius 3 is 2.65 bits per heavy atom. The Labute approximate surface area is 204 Å². The average Bonchev–Trinajstić information content (AvgIpc) is 3.37. The second kappa shape index (κ2) is 13.8. The van der Waals surface area contributed by atoms with Gasteiger partial charge in [-0.25, -0.2) is 4.79 Å². The van der Waals surface area contributed by atoms with Crippen molar-refractivity contribution in [2.45, 2.75) is 96.9 Å². The van der Waals surface area contributed by atoms with Crippen LogP contribution in [0, 0.1) is 0 Å². The number of aromatic nitrogens is 2. The second-order valence-electron chi connectivity index (χ2n) is 9.02. The highest BCUT2D eigenvalue weighted by Gasteiger charge is 2.19. The summed E-state index contributed by atoms with van der Waals surface area (Å²) < 4.78 is 7.45. The van der Waals surface area contributed by atoms with E-state index < -0.39 is 11.7 Å². The number of carbonyl (C=O) groups is 1. The maximum absolute atomic E-state index is 12.0. The molecule has 1 atom stereocenters. The first kappa shape index (κ1) is 27.5. The Morgan fingerprint density at radius 2 is 2.03 bits per heavy atom. The molecular formula is C22H41IN6O2. The minimum absolute atomic E-state index is 0. The fraction of sp³-hybridized carbons (Fsp3) is 0.773. The molecule has 1 aromatic rings. The molecule has 0 bridgehead atoms. The predicted molar refractivity (Wildman–Crippen MR) is 136 cm³/mol. The van der Waals surface area contributed by atoms with Crippen LogP contribution in [0.15, 0.2) is 17.3 Å². The average molecular weight is 549 g/mol. The van der Waals surface area contributed by atoms with Crippen molar-refractivity contribution >= 4 is 36.0 Å². The van der Waals surface area contributed by atoms with Crippen LogP contribution in [0.2, 0.25) is 0 Å². The quantitative estimate of drug-likeness (QED) is 0.242. The van der Waals surface area contributed by atoms with Gasteiger partial charge in [0, 0.05) is 25.8 Å². The number of hydrogen-bond acceptors (Lipinski definition) is 4. The van der Waals surface area contributed by atoms with Gasteiger partial charge in [0.2, 0.25) is 0 Å². The standard InChI is InChI=1S/C22H40N6O2.HI/c1-6-7-10-17(15-25-21(29)30-22(2,3)4)26-20(23-5)24-16-18-13-14-28(27-18)19-11-8-9-12-19;/h13-14,17,19H,6-12,15-16H2,1-5H3,(H,25,29)(H2,23,24,26);1H. The van der Waals surface area contributed by atoms with Crippen molar-refractivity contribution in [3.63, 3.8) is 0 Å². The normalized spacial score (nSPS) is 15.8. The van der Waals surface area contributed by atoms with E-state index in [0.29, 0.717) is 25.1 Å². The van der Waals surface area contributed by atoms with Crippen molar-refractivity contribution in [3.05, 3.63) is 18.0 Å². The lowest BCUT2D eigenvalue weighted by Crippen LogP contribution is -2.48. The molecule has 2 rings (SSSR count). The van der Waals surface area contributed by atoms with E-state index >= 15 is 0 Å². The van der Waals surface area contributed by atoms with E-state index in [1.807, 2.05) is 20.8 Å². The highest BCUT2D eigenvalue weighted by atomic mass is 127. The van der Waals surface area contributed by atoms with E-state index in [1.54, 1.807) is 7.05 Å². The summed E-state index contributed by atoms with van der Waals surface area (Å²) >= 11 is 0. The van der Waals surface area contributed by atoms with Crippen LogP contribution in [0.1, 0.15) is 84.4 Å². The van der Waals surface area contributed by atoms with Crippen LogP contribution in [0.4, 0.5) is 4.79 Å². The largest absolute Gasteiger partial charge is 0.444 e. The molecule has 31 heavy (non-hydrogen) atoms. The van der Waals surface area contributed by atoms with Crippen LogP contribution in [0.5, 0.6) is 0 Å². The van der Waals surface area contributed by atoms with Crippen LogP contribution in [-0.4, -0.2) is 47.1 Å². The van der Waals surface area contributed by atoms with Crippen LogP contribution < -0.4 is 16.0 Å². The molecule has 1 unspecified atom stereocenters. The number of halogens is 1. The molecule has 0 spiro atoms. The van der Waals surface area contributed by atoms with Gasteiger partial charge < -0.3 is 20.7 Å². The van der Waals surface area contributed by atoms with Gasteiger partial charge >= 0.3 is 6.09 Å². The van der Waals surface area contributed by atoms with E-state index in [-0.39, 0.29) is 30.0 Å². The molecular weight excluding hydrogens is 507 g/mol. The summed E-state index contributed by atoms with van der Waals surface area (Å²) in [5.41, 5.74) is 0.498. The zero-order valence-corrected chi connectivity index (χ0v) is 22.1. The SMILES string of the molecule is CCCCC(CNC(=O)OC(C)(C)C)NC(=NC)NCc1ccn(C2CCCC2)n1.I. The Balaban J connectivity index is 0.00000480. The molecule has 1 aromatic heterocycles. The van der Waals surface area contributed by atoms with E-state index in [4.69, 9.17) is 9.84 Å². The number of nitrogens with zero attached hydrogens (tertiary/aromatic N) is 3. The molecule has 1 heterocycles. The van der Waals surface area contributed by atoms with Gasteiger partial charge in [-0.2, -0.15) is 5.10 Å². The van der Waals surface area contributed by atoms with Crippen molar-refractivity contribution in [2.75, 3.05) is 13.6 Å². The molecule has 178 valence electrons. The zero-order chi connectivity index (χ0) is 22.0. The summed E-state index contributed by atoms with van der Waals surface area (Å²) in [5.74, 6) is 0.706. The second-order valence-corrected chi connectivity index (χ2v) is 9.02. The van der Waals surface area contributed by atoms with Crippen molar-refractivity contribution in [3.8, 4) is 0 Å². The van der Waals surface area contributed by atoms with Gasteiger partial charge in [-0.1, -0.05) is 32.6 Å². The van der Waals surface area contributed by atoms with E-state index in [1.165, 1.54) is 25.7 Å². The lowest BCUT2D eigenvalue weighted by molar-refractivity contribution is 0.0523. The maximum atomic E-state index is 12.0. The molecule has 0 radical (unpaired) electrons. The first-order chi connectivity index (χ1) is 14.3. The third-order valence-electron chi connectivity index (χ3n) is 5.16. The highest BCUT2D eigenvalue weighted by molar-refractivity contribution is 14.0. The molecule has 0 saturated heterocycles. The zero-order valence-electron chi connectivity index (χ0n) is 19.7. The number of guanidine groups is 1. The molecule has 9 heteroatoms. The first-order valence-electron chi connectivity index (χ1n) is 11.3. The smallest absolute Gasteiger partial charge is 0.407 e. The minimum atomic E-state index is -0.504. The van der Waals surface area contributed by atoms with Gasteiger partial charge in [0.05, 0.1) is 18.3 Å². The first-order valence-corrected chi connectivity index (χ1v) is 11.3. The number of ether oxygens (including phenoxy) is 1. The van der Waals surface area contributed by atoms with Gasteiger partial charge in [0.15, 0.2) is 5.96 Å². The molecule has 8 nitrogen and oxygen atoms in total. The van der Waals surface area contributed by atoms with E-state index in [0.717, 1.165) is 25.0 Å². The van der Waals surface area contributed by atoms with Crippen molar-refractivity contribution < 1.29 is 9.53 Å². The van der Waals surface area contributed by atoms with Gasteiger partial charge in [-0.15, -0.1) is 24.0 Å². The summed E-state index contributed by atoms with van der Waals surface area (Å²) in [7, 11) is 1.75. The molecule has 1 aliphatic rings. The lowest BCUT2D eigenvalue weighted by Gasteiger charge is -2.24. The summed E-state index contributed by atoms with van der Waals surface area (Å²) in [6.07, 6.45) is 9.82. The summed E-state index contributed by atoms with van der Waals surface area (Å²) in [6, 6.07) is 2.69. The van der Waals surface area contributed by atoms with E-state index in [9.17, 15) is 4.79 Å². The fourth-order valence-electron chi connectivity index (χ4n) is 3.60. The number of alkyl carbamates (subject to hydrolysis) is 1. The van der Waals surface area contributed by atoms with Gasteiger partial charge in [0.1, 0.15) is 5.60 Å². The van der Waals surface area contributed by atoms with Gasteiger partial charge in [0.25, 0.3) is 0 Å². The molecule has 0 aliphatic heterocycles. The highest BCUT2D eigenvalue weighted by Crippen LogP contribution is 2.28. The number of rotatable bonds is 9. The molecule has 1 aliphatic carbocycles. The number of hydrogen-bond donors (Lipinski definition) is 3. The monoisotopic (exact) mass is 548 g/mol. The van der Waals surface area contributed by atoms with Gasteiger partial charge in [-0.05, 0) is 46.1 Å². The fourth-order valence-corrected chi connectivity index (χ4v) is 3.60. The predicted octanol–water partition coefficient (Wildman–Crippen LogP) is 4.36. The van der Waals surface area contributed by atoms with Crippen LogP contribution in [-0.2, 0) is 11.3 Å². The summed E-state index contributed by atoms with van der Waals surface area (Å²) in [5, 5.41) is 14.3. The van der Waals surface area contributed by atoms with Gasteiger partial charge in [-0.3, -0.25) is 9.67 Å². The molecule has 3 N–H and O–H groups in total. The molecule has 0 aromatic carbocycles. The third kappa shape index (κ3) is 10.6. The Hall–Kier alpha value is -1.52. The minimum Gasteiger partial charge on any atom is -0.444 e. The van der Waals surface area contributed by atoms with Crippen LogP contribution >= 0.6 is 24.0 Å². The summed E-state index contributed by atoms with van der Waals surface area (Å²) in [6.45, 7) is 8.83. The molecule has 1 fully saturated rings. The number of carbonyl (C=O) groups excluding carboxylic acids is 1. The third-order valence-corrected chi connectivity index (χ3v) is 5.16.